The Morgan fingerprint density at radius 1 is 1.40 bits per heavy atom. The molecule has 0 bridgehead atoms. The van der Waals surface area contributed by atoms with Crippen LogP contribution in [0.4, 0.5) is 0 Å². The Morgan fingerprint density at radius 2 is 2.20 bits per heavy atom. The van der Waals surface area contributed by atoms with Gasteiger partial charge < -0.3 is 10.0 Å². The molecule has 1 heterocycles. The van der Waals surface area contributed by atoms with Crippen molar-refractivity contribution in [1.29, 1.82) is 0 Å². The summed E-state index contributed by atoms with van der Waals surface area (Å²) in [7, 11) is 0. The second-order valence-corrected chi connectivity index (χ2v) is 4.54. The van der Waals surface area contributed by atoms with E-state index in [1.165, 1.54) is 25.7 Å². The second-order valence-electron chi connectivity index (χ2n) is 4.54. The highest BCUT2D eigenvalue weighted by molar-refractivity contribution is 5.66. The molecule has 1 rings (SSSR count). The molecule has 1 aliphatic rings. The third kappa shape index (κ3) is 5.17. The molecular formula is C12H23NO2. The zero-order valence-corrected chi connectivity index (χ0v) is 9.74. The minimum Gasteiger partial charge on any atom is -0.481 e. The molecule has 0 spiro atoms. The first-order valence-electron chi connectivity index (χ1n) is 6.16. The van der Waals surface area contributed by atoms with Crippen LogP contribution in [0.3, 0.4) is 0 Å². The Hall–Kier alpha value is -0.570. The van der Waals surface area contributed by atoms with Gasteiger partial charge in [0.05, 0.1) is 0 Å². The van der Waals surface area contributed by atoms with Crippen LogP contribution < -0.4 is 0 Å². The minimum absolute atomic E-state index is 0.313. The predicted octanol–water partition coefficient (Wildman–Crippen LogP) is 2.36. The standard InChI is InChI=1S/C12H23NO2/c1-2-11-5-3-8-13(10-7-11)9-4-6-12(14)15/h11H,2-10H2,1H3,(H,14,15). The van der Waals surface area contributed by atoms with E-state index in [1.54, 1.807) is 0 Å². The molecule has 0 aromatic heterocycles. The lowest BCUT2D eigenvalue weighted by molar-refractivity contribution is -0.137. The Kier molecular flexibility index (Phi) is 5.69. The van der Waals surface area contributed by atoms with Crippen molar-refractivity contribution in [3.05, 3.63) is 0 Å². The molecule has 0 aliphatic carbocycles. The fourth-order valence-corrected chi connectivity index (χ4v) is 2.31. The van der Waals surface area contributed by atoms with Crippen molar-refractivity contribution in [2.24, 2.45) is 5.92 Å². The molecule has 0 saturated carbocycles. The predicted molar refractivity (Wildman–Crippen MR) is 60.9 cm³/mol. The second kappa shape index (κ2) is 6.83. The van der Waals surface area contributed by atoms with E-state index >= 15 is 0 Å². The monoisotopic (exact) mass is 213 g/mol. The zero-order valence-electron chi connectivity index (χ0n) is 9.74. The maximum absolute atomic E-state index is 10.4. The summed E-state index contributed by atoms with van der Waals surface area (Å²) in [4.78, 5) is 12.8. The molecule has 1 aliphatic heterocycles. The van der Waals surface area contributed by atoms with Gasteiger partial charge in [-0.25, -0.2) is 0 Å². The van der Waals surface area contributed by atoms with Crippen LogP contribution in [0.2, 0.25) is 0 Å². The van der Waals surface area contributed by atoms with Gasteiger partial charge in [0.15, 0.2) is 0 Å². The fourth-order valence-electron chi connectivity index (χ4n) is 2.31. The normalized spacial score (nSPS) is 23.7. The van der Waals surface area contributed by atoms with Crippen molar-refractivity contribution in [2.75, 3.05) is 19.6 Å². The van der Waals surface area contributed by atoms with Crippen LogP contribution in [0.1, 0.15) is 45.4 Å². The van der Waals surface area contributed by atoms with E-state index in [-0.39, 0.29) is 0 Å². The van der Waals surface area contributed by atoms with Gasteiger partial charge in [-0.2, -0.15) is 0 Å². The van der Waals surface area contributed by atoms with E-state index in [9.17, 15) is 4.79 Å². The van der Waals surface area contributed by atoms with Crippen LogP contribution in [0.25, 0.3) is 0 Å². The third-order valence-corrected chi connectivity index (χ3v) is 3.38. The number of aliphatic carboxylic acids is 1. The maximum Gasteiger partial charge on any atom is 0.303 e. The summed E-state index contributed by atoms with van der Waals surface area (Å²) in [5.74, 6) is 0.228. The Bertz CT molecular complexity index is 194. The van der Waals surface area contributed by atoms with Gasteiger partial charge in [-0.3, -0.25) is 4.79 Å². The molecule has 1 N–H and O–H groups in total. The minimum atomic E-state index is -0.670. The van der Waals surface area contributed by atoms with Crippen molar-refractivity contribution in [3.8, 4) is 0 Å². The summed E-state index contributed by atoms with van der Waals surface area (Å²) in [6, 6.07) is 0. The van der Waals surface area contributed by atoms with Crippen LogP contribution in [0.15, 0.2) is 0 Å². The van der Waals surface area contributed by atoms with E-state index in [0.717, 1.165) is 32.0 Å². The summed E-state index contributed by atoms with van der Waals surface area (Å²) in [5, 5.41) is 8.56. The summed E-state index contributed by atoms with van der Waals surface area (Å²) >= 11 is 0. The smallest absolute Gasteiger partial charge is 0.303 e. The first kappa shape index (κ1) is 12.5. The van der Waals surface area contributed by atoms with Gasteiger partial charge in [-0.1, -0.05) is 13.3 Å². The molecule has 1 atom stereocenters. The van der Waals surface area contributed by atoms with Crippen LogP contribution in [0, 0.1) is 5.92 Å². The topological polar surface area (TPSA) is 40.5 Å². The van der Waals surface area contributed by atoms with E-state index in [0.29, 0.717) is 6.42 Å². The highest BCUT2D eigenvalue weighted by Gasteiger charge is 2.15. The lowest BCUT2D eigenvalue weighted by Gasteiger charge is -2.19. The highest BCUT2D eigenvalue weighted by Crippen LogP contribution is 2.20. The number of carboxylic acid groups (broad SMARTS) is 1. The molecule has 1 unspecified atom stereocenters. The number of rotatable bonds is 5. The number of nitrogens with zero attached hydrogens (tertiary/aromatic N) is 1. The molecular weight excluding hydrogens is 190 g/mol. The first-order valence-corrected chi connectivity index (χ1v) is 6.16. The van der Waals surface area contributed by atoms with Crippen molar-refractivity contribution < 1.29 is 9.90 Å². The van der Waals surface area contributed by atoms with Gasteiger partial charge >= 0.3 is 5.97 Å². The molecule has 0 aromatic rings. The van der Waals surface area contributed by atoms with Gasteiger partial charge in [-0.15, -0.1) is 0 Å². The Labute approximate surface area is 92.5 Å². The summed E-state index contributed by atoms with van der Waals surface area (Å²) in [6.07, 6.45) is 6.34. The molecule has 3 nitrogen and oxygen atoms in total. The molecule has 3 heteroatoms. The van der Waals surface area contributed by atoms with Crippen LogP contribution >= 0.6 is 0 Å². The van der Waals surface area contributed by atoms with E-state index in [4.69, 9.17) is 5.11 Å². The number of hydrogen-bond acceptors (Lipinski definition) is 2. The number of carbonyl (C=O) groups is 1. The van der Waals surface area contributed by atoms with Crippen molar-refractivity contribution in [2.45, 2.75) is 45.4 Å². The van der Waals surface area contributed by atoms with Crippen molar-refractivity contribution in [1.82, 2.24) is 4.90 Å². The van der Waals surface area contributed by atoms with Gasteiger partial charge in [-0.05, 0) is 51.2 Å². The Morgan fingerprint density at radius 3 is 2.87 bits per heavy atom. The third-order valence-electron chi connectivity index (χ3n) is 3.38. The largest absolute Gasteiger partial charge is 0.481 e. The van der Waals surface area contributed by atoms with E-state index < -0.39 is 5.97 Å². The van der Waals surface area contributed by atoms with Crippen LogP contribution in [0.5, 0.6) is 0 Å². The fraction of sp³-hybridized carbons (Fsp3) is 0.917. The van der Waals surface area contributed by atoms with Gasteiger partial charge in [0.2, 0.25) is 0 Å². The Balaban J connectivity index is 2.16. The molecule has 1 saturated heterocycles. The number of carboxylic acids is 1. The molecule has 0 amide bonds. The number of likely N-dealkylation sites (tertiary alicyclic amines) is 1. The summed E-state index contributed by atoms with van der Waals surface area (Å²) in [5.41, 5.74) is 0. The van der Waals surface area contributed by atoms with Gasteiger partial charge in [0.25, 0.3) is 0 Å². The molecule has 15 heavy (non-hydrogen) atoms. The summed E-state index contributed by atoms with van der Waals surface area (Å²) in [6.45, 7) is 5.56. The quantitative estimate of drug-likeness (QED) is 0.762. The molecule has 88 valence electrons. The van der Waals surface area contributed by atoms with E-state index in [1.807, 2.05) is 0 Å². The van der Waals surface area contributed by atoms with Crippen molar-refractivity contribution in [3.63, 3.8) is 0 Å². The first-order chi connectivity index (χ1) is 7.22. The average molecular weight is 213 g/mol. The number of hydrogen-bond donors (Lipinski definition) is 1. The van der Waals surface area contributed by atoms with Gasteiger partial charge in [0, 0.05) is 6.42 Å². The highest BCUT2D eigenvalue weighted by atomic mass is 16.4. The lowest BCUT2D eigenvalue weighted by atomic mass is 9.98. The molecule has 0 radical (unpaired) electrons. The SMILES string of the molecule is CCC1CCCN(CCCC(=O)O)CC1. The molecule has 0 aromatic carbocycles. The lowest BCUT2D eigenvalue weighted by Crippen LogP contribution is -2.26. The van der Waals surface area contributed by atoms with Crippen LogP contribution in [-0.2, 0) is 4.79 Å². The van der Waals surface area contributed by atoms with Gasteiger partial charge in [0.1, 0.15) is 0 Å². The zero-order chi connectivity index (χ0) is 11.1. The average Bonchev–Trinajstić information content (AvgIpc) is 2.42. The maximum atomic E-state index is 10.4. The van der Waals surface area contributed by atoms with Crippen LogP contribution in [-0.4, -0.2) is 35.6 Å². The van der Waals surface area contributed by atoms with Crippen molar-refractivity contribution >= 4 is 5.97 Å². The molecule has 1 fully saturated rings. The van der Waals surface area contributed by atoms with E-state index in [2.05, 4.69) is 11.8 Å². The summed E-state index contributed by atoms with van der Waals surface area (Å²) < 4.78 is 0.